The quantitative estimate of drug-likeness (QED) is 0.333. The van der Waals surface area contributed by atoms with Crippen LogP contribution in [0.3, 0.4) is 0 Å². The summed E-state index contributed by atoms with van der Waals surface area (Å²) < 4.78 is 0. The lowest BCUT2D eigenvalue weighted by Gasteiger charge is -2.20. The summed E-state index contributed by atoms with van der Waals surface area (Å²) in [4.78, 5) is 12.4. The molecule has 158 valence electrons. The van der Waals surface area contributed by atoms with Crippen molar-refractivity contribution >= 4 is 6.03 Å². The van der Waals surface area contributed by atoms with Gasteiger partial charge in [-0.05, 0) is 17.5 Å². The van der Waals surface area contributed by atoms with Crippen LogP contribution in [0, 0.1) is 0 Å². The van der Waals surface area contributed by atoms with Gasteiger partial charge >= 0.3 is 6.03 Å². The lowest BCUT2D eigenvalue weighted by Crippen LogP contribution is -2.38. The minimum absolute atomic E-state index is 0.0985. The number of nitrogens with one attached hydrogen (secondary N) is 2. The molecule has 0 spiro atoms. The van der Waals surface area contributed by atoms with Gasteiger partial charge in [0.25, 0.3) is 0 Å². The van der Waals surface area contributed by atoms with Crippen LogP contribution in [0.2, 0.25) is 0 Å². The normalized spacial score (nSPS) is 10.8. The Kier molecular flexibility index (Phi) is 11.6. The Hall–Kier alpha value is -2.29. The predicted octanol–water partition coefficient (Wildman–Crippen LogP) is 7.00. The molecule has 3 nitrogen and oxygen atoms in total. The third-order valence-corrected chi connectivity index (χ3v) is 5.36. The molecule has 29 heavy (non-hydrogen) atoms. The van der Waals surface area contributed by atoms with E-state index in [-0.39, 0.29) is 12.1 Å². The zero-order valence-corrected chi connectivity index (χ0v) is 18.0. The standard InChI is InChI=1S/C26H38N2O/c1-2-3-4-5-6-7-8-9-10-17-22-27-26(29)28-25(23-18-13-11-14-19-23)24-20-15-12-16-21-24/h11-16,18-21,25H,2-10,17,22H2,1H3,(H2,27,28,29). The smallest absolute Gasteiger partial charge is 0.315 e. The Balaban J connectivity index is 1.64. The zero-order valence-electron chi connectivity index (χ0n) is 18.0. The van der Waals surface area contributed by atoms with Gasteiger partial charge in [-0.3, -0.25) is 0 Å². The first-order valence-electron chi connectivity index (χ1n) is 11.5. The summed E-state index contributed by atoms with van der Waals surface area (Å²) in [5.74, 6) is 0. The minimum Gasteiger partial charge on any atom is -0.338 e. The highest BCUT2D eigenvalue weighted by Gasteiger charge is 2.16. The van der Waals surface area contributed by atoms with Crippen molar-refractivity contribution in [1.29, 1.82) is 0 Å². The van der Waals surface area contributed by atoms with Crippen LogP contribution < -0.4 is 10.6 Å². The Labute approximate surface area is 177 Å². The first-order chi connectivity index (χ1) is 14.3. The molecule has 2 aromatic rings. The van der Waals surface area contributed by atoms with E-state index in [9.17, 15) is 4.79 Å². The molecule has 0 bridgehead atoms. The fourth-order valence-corrected chi connectivity index (χ4v) is 3.65. The molecule has 2 N–H and O–H groups in total. The highest BCUT2D eigenvalue weighted by molar-refractivity contribution is 5.75. The fraction of sp³-hybridized carbons (Fsp3) is 0.500. The first-order valence-corrected chi connectivity index (χ1v) is 11.5. The van der Waals surface area contributed by atoms with Gasteiger partial charge in [0, 0.05) is 6.54 Å². The SMILES string of the molecule is CCCCCCCCCCCCNC(=O)NC(c1ccccc1)c1ccccc1. The van der Waals surface area contributed by atoms with Crippen molar-refractivity contribution < 1.29 is 4.79 Å². The highest BCUT2D eigenvalue weighted by Crippen LogP contribution is 2.21. The summed E-state index contributed by atoms with van der Waals surface area (Å²) >= 11 is 0. The molecule has 0 heterocycles. The molecule has 0 radical (unpaired) electrons. The number of carbonyl (C=O) groups excluding carboxylic acids is 1. The maximum absolute atomic E-state index is 12.4. The van der Waals surface area contributed by atoms with E-state index in [4.69, 9.17) is 0 Å². The first kappa shape index (κ1) is 23.0. The van der Waals surface area contributed by atoms with Gasteiger partial charge in [-0.1, -0.05) is 125 Å². The molecule has 0 saturated carbocycles. The van der Waals surface area contributed by atoms with E-state index in [0.29, 0.717) is 0 Å². The molecule has 0 aliphatic carbocycles. The largest absolute Gasteiger partial charge is 0.338 e. The number of carbonyl (C=O) groups is 1. The van der Waals surface area contributed by atoms with Gasteiger partial charge in [-0.25, -0.2) is 4.79 Å². The number of rotatable bonds is 14. The van der Waals surface area contributed by atoms with Gasteiger partial charge in [-0.15, -0.1) is 0 Å². The van der Waals surface area contributed by atoms with Crippen LogP contribution in [0.25, 0.3) is 0 Å². The summed E-state index contributed by atoms with van der Waals surface area (Å²) in [5.41, 5.74) is 2.18. The van der Waals surface area contributed by atoms with Crippen molar-refractivity contribution in [2.45, 2.75) is 77.2 Å². The van der Waals surface area contributed by atoms with Crippen molar-refractivity contribution in [2.75, 3.05) is 6.54 Å². The number of hydrogen-bond donors (Lipinski definition) is 2. The van der Waals surface area contributed by atoms with Gasteiger partial charge in [0.2, 0.25) is 0 Å². The Morgan fingerprint density at radius 1 is 0.690 bits per heavy atom. The number of urea groups is 1. The molecule has 0 atom stereocenters. The fourth-order valence-electron chi connectivity index (χ4n) is 3.65. The Morgan fingerprint density at radius 3 is 1.62 bits per heavy atom. The monoisotopic (exact) mass is 394 g/mol. The van der Waals surface area contributed by atoms with Gasteiger partial charge in [0.15, 0.2) is 0 Å². The third-order valence-electron chi connectivity index (χ3n) is 5.36. The van der Waals surface area contributed by atoms with Crippen molar-refractivity contribution in [3.05, 3.63) is 71.8 Å². The van der Waals surface area contributed by atoms with E-state index in [0.717, 1.165) is 24.1 Å². The average molecular weight is 395 g/mol. The Morgan fingerprint density at radius 2 is 1.14 bits per heavy atom. The number of amides is 2. The van der Waals surface area contributed by atoms with E-state index < -0.39 is 0 Å². The Bertz CT molecular complexity index is 617. The van der Waals surface area contributed by atoms with Crippen molar-refractivity contribution in [2.24, 2.45) is 0 Å². The van der Waals surface area contributed by atoms with Crippen molar-refractivity contribution in [3.63, 3.8) is 0 Å². The maximum Gasteiger partial charge on any atom is 0.315 e. The highest BCUT2D eigenvalue weighted by atomic mass is 16.2. The topological polar surface area (TPSA) is 41.1 Å². The summed E-state index contributed by atoms with van der Waals surface area (Å²) in [7, 11) is 0. The van der Waals surface area contributed by atoms with Crippen LogP contribution in [0.5, 0.6) is 0 Å². The molecular formula is C26H38N2O. The molecule has 2 aromatic carbocycles. The summed E-state index contributed by atoms with van der Waals surface area (Å²) in [6, 6.07) is 20.0. The second-order valence-electron chi connectivity index (χ2n) is 7.84. The molecule has 2 rings (SSSR count). The van der Waals surface area contributed by atoms with E-state index in [1.165, 1.54) is 57.8 Å². The molecule has 0 aromatic heterocycles. The van der Waals surface area contributed by atoms with E-state index in [1.54, 1.807) is 0 Å². The molecule has 0 aliphatic heterocycles. The van der Waals surface area contributed by atoms with Gasteiger partial charge in [-0.2, -0.15) is 0 Å². The average Bonchev–Trinajstić information content (AvgIpc) is 2.77. The maximum atomic E-state index is 12.4. The van der Waals surface area contributed by atoms with Crippen LogP contribution in [0.4, 0.5) is 4.79 Å². The lowest BCUT2D eigenvalue weighted by atomic mass is 9.99. The van der Waals surface area contributed by atoms with Crippen molar-refractivity contribution in [3.8, 4) is 0 Å². The van der Waals surface area contributed by atoms with Crippen LogP contribution in [0.15, 0.2) is 60.7 Å². The third kappa shape index (κ3) is 9.65. The predicted molar refractivity (Wildman–Crippen MR) is 123 cm³/mol. The van der Waals surface area contributed by atoms with Gasteiger partial charge in [0.1, 0.15) is 0 Å². The van der Waals surface area contributed by atoms with E-state index in [1.807, 2.05) is 36.4 Å². The van der Waals surface area contributed by atoms with Gasteiger partial charge in [0.05, 0.1) is 6.04 Å². The zero-order chi connectivity index (χ0) is 20.6. The van der Waals surface area contributed by atoms with Crippen LogP contribution in [0.1, 0.15) is 88.3 Å². The number of benzene rings is 2. The molecule has 0 fully saturated rings. The van der Waals surface area contributed by atoms with Crippen LogP contribution in [-0.4, -0.2) is 12.6 Å². The molecule has 2 amide bonds. The molecule has 0 unspecified atom stereocenters. The molecule has 0 saturated heterocycles. The summed E-state index contributed by atoms with van der Waals surface area (Å²) in [5, 5.41) is 6.16. The van der Waals surface area contributed by atoms with Gasteiger partial charge < -0.3 is 10.6 Å². The van der Waals surface area contributed by atoms with Crippen LogP contribution >= 0.6 is 0 Å². The van der Waals surface area contributed by atoms with E-state index in [2.05, 4.69) is 41.8 Å². The summed E-state index contributed by atoms with van der Waals surface area (Å²) in [6.45, 7) is 3.00. The second kappa shape index (κ2) is 14.7. The second-order valence-corrected chi connectivity index (χ2v) is 7.84. The minimum atomic E-state index is -0.134. The lowest BCUT2D eigenvalue weighted by molar-refractivity contribution is 0.238. The van der Waals surface area contributed by atoms with Crippen LogP contribution in [-0.2, 0) is 0 Å². The number of hydrogen-bond acceptors (Lipinski definition) is 1. The molecular weight excluding hydrogens is 356 g/mol. The molecule has 0 aliphatic rings. The van der Waals surface area contributed by atoms with Crippen molar-refractivity contribution in [1.82, 2.24) is 10.6 Å². The summed E-state index contributed by atoms with van der Waals surface area (Å²) in [6.07, 6.45) is 13.0. The van der Waals surface area contributed by atoms with E-state index >= 15 is 0 Å². The number of unbranched alkanes of at least 4 members (excludes halogenated alkanes) is 9. The molecule has 3 heteroatoms.